The van der Waals surface area contributed by atoms with E-state index in [-0.39, 0.29) is 24.0 Å². The van der Waals surface area contributed by atoms with Crippen molar-refractivity contribution in [3.05, 3.63) is 93.8 Å². The molecule has 2 heterocycles. The Labute approximate surface area is 156 Å². The topological polar surface area (TPSA) is 35.5 Å². The van der Waals surface area contributed by atoms with Crippen LogP contribution < -0.4 is 0 Å². The number of fused-ring (bicyclic) bond motifs is 8. The fraction of sp³-hybridized carbons (Fsp3) is 0.174. The molecule has 0 radical (unpaired) electrons. The number of hydrogen-bond acceptors (Lipinski definition) is 3. The Morgan fingerprint density at radius 2 is 1.70 bits per heavy atom. The van der Waals surface area contributed by atoms with E-state index in [1.807, 2.05) is 12.1 Å². The molecular formula is C23H17FO3. The van der Waals surface area contributed by atoms with Gasteiger partial charge in [0.15, 0.2) is 0 Å². The SMILES string of the molecule is COC(=O)c1ccc2c(c1)C1OC2c2cc(-c3ccc(F)cc3)cc(C)c21. The number of aryl methyl sites for hydroxylation is 1. The zero-order chi connectivity index (χ0) is 18.7. The van der Waals surface area contributed by atoms with Gasteiger partial charge in [-0.05, 0) is 76.2 Å². The van der Waals surface area contributed by atoms with Crippen molar-refractivity contribution in [3.8, 4) is 11.1 Å². The summed E-state index contributed by atoms with van der Waals surface area (Å²) >= 11 is 0. The van der Waals surface area contributed by atoms with Gasteiger partial charge in [-0.15, -0.1) is 0 Å². The summed E-state index contributed by atoms with van der Waals surface area (Å²) in [4.78, 5) is 11.9. The van der Waals surface area contributed by atoms with Gasteiger partial charge in [0, 0.05) is 0 Å². The summed E-state index contributed by atoms with van der Waals surface area (Å²) in [5, 5.41) is 0. The van der Waals surface area contributed by atoms with Crippen molar-refractivity contribution < 1.29 is 18.7 Å². The maximum Gasteiger partial charge on any atom is 0.337 e. The van der Waals surface area contributed by atoms with E-state index in [0.29, 0.717) is 5.56 Å². The summed E-state index contributed by atoms with van der Waals surface area (Å²) < 4.78 is 24.3. The standard InChI is InChI=1S/C23H17FO3/c1-12-9-15(13-3-6-16(24)7-4-13)11-19-20(12)22-18-10-14(23(25)26-2)5-8-17(18)21(19)27-22/h3-11,21-22H,1-2H3. The average Bonchev–Trinajstić information content (AvgIpc) is 3.24. The first-order valence-electron chi connectivity index (χ1n) is 8.85. The second-order valence-corrected chi connectivity index (χ2v) is 7.03. The van der Waals surface area contributed by atoms with Crippen LogP contribution in [0.15, 0.2) is 54.6 Å². The minimum atomic E-state index is -0.343. The molecule has 2 atom stereocenters. The highest BCUT2D eigenvalue weighted by Gasteiger charge is 2.44. The van der Waals surface area contributed by atoms with Crippen LogP contribution in [0, 0.1) is 12.7 Å². The molecular weight excluding hydrogens is 343 g/mol. The second-order valence-electron chi connectivity index (χ2n) is 7.03. The fourth-order valence-corrected chi connectivity index (χ4v) is 4.24. The van der Waals surface area contributed by atoms with Gasteiger partial charge >= 0.3 is 5.97 Å². The average molecular weight is 360 g/mol. The highest BCUT2D eigenvalue weighted by molar-refractivity contribution is 5.90. The number of ether oxygens (including phenoxy) is 2. The molecule has 27 heavy (non-hydrogen) atoms. The Morgan fingerprint density at radius 3 is 2.44 bits per heavy atom. The minimum Gasteiger partial charge on any atom is -0.465 e. The molecule has 3 aromatic carbocycles. The zero-order valence-corrected chi connectivity index (χ0v) is 15.0. The molecule has 5 rings (SSSR count). The molecule has 3 nitrogen and oxygen atoms in total. The van der Waals surface area contributed by atoms with Crippen molar-refractivity contribution >= 4 is 5.97 Å². The number of halogens is 1. The number of carbonyl (C=O) groups excluding carboxylic acids is 1. The molecule has 0 aliphatic carbocycles. The van der Waals surface area contributed by atoms with Crippen LogP contribution in [-0.4, -0.2) is 13.1 Å². The molecule has 0 amide bonds. The van der Waals surface area contributed by atoms with E-state index < -0.39 is 0 Å². The van der Waals surface area contributed by atoms with E-state index in [9.17, 15) is 9.18 Å². The van der Waals surface area contributed by atoms with Gasteiger partial charge in [0.25, 0.3) is 0 Å². The van der Waals surface area contributed by atoms with Crippen LogP contribution >= 0.6 is 0 Å². The van der Waals surface area contributed by atoms with Crippen LogP contribution in [0.5, 0.6) is 0 Å². The van der Waals surface area contributed by atoms with Crippen LogP contribution in [0.25, 0.3) is 11.1 Å². The van der Waals surface area contributed by atoms with Gasteiger partial charge in [-0.1, -0.05) is 24.3 Å². The number of benzene rings is 3. The van der Waals surface area contributed by atoms with Crippen LogP contribution in [0.2, 0.25) is 0 Å². The maximum absolute atomic E-state index is 13.3. The number of hydrogen-bond donors (Lipinski definition) is 0. The maximum atomic E-state index is 13.3. The van der Waals surface area contributed by atoms with Crippen molar-refractivity contribution in [1.29, 1.82) is 0 Å². The lowest BCUT2D eigenvalue weighted by molar-refractivity contribution is 0.0600. The summed E-state index contributed by atoms with van der Waals surface area (Å²) in [7, 11) is 1.38. The van der Waals surface area contributed by atoms with Gasteiger partial charge in [0.05, 0.1) is 12.7 Å². The highest BCUT2D eigenvalue weighted by Crippen LogP contribution is 2.55. The predicted molar refractivity (Wildman–Crippen MR) is 99.1 cm³/mol. The summed E-state index contributed by atoms with van der Waals surface area (Å²) in [5.41, 5.74) is 8.14. The third-order valence-corrected chi connectivity index (χ3v) is 5.49. The van der Waals surface area contributed by atoms with Gasteiger partial charge in [-0.2, -0.15) is 0 Å². The number of esters is 1. The van der Waals surface area contributed by atoms with E-state index >= 15 is 0 Å². The third-order valence-electron chi connectivity index (χ3n) is 5.49. The molecule has 2 bridgehead atoms. The predicted octanol–water partition coefficient (Wildman–Crippen LogP) is 5.11. The molecule has 134 valence electrons. The van der Waals surface area contributed by atoms with E-state index in [1.165, 1.54) is 24.8 Å². The zero-order valence-electron chi connectivity index (χ0n) is 15.0. The smallest absolute Gasteiger partial charge is 0.337 e. The molecule has 0 spiro atoms. The molecule has 0 fully saturated rings. The lowest BCUT2D eigenvalue weighted by Gasteiger charge is -2.20. The van der Waals surface area contributed by atoms with Crippen molar-refractivity contribution in [1.82, 2.24) is 0 Å². The summed E-state index contributed by atoms with van der Waals surface area (Å²) in [6.45, 7) is 2.07. The lowest BCUT2D eigenvalue weighted by Crippen LogP contribution is -2.08. The van der Waals surface area contributed by atoms with Gasteiger partial charge in [0.2, 0.25) is 0 Å². The van der Waals surface area contributed by atoms with E-state index in [1.54, 1.807) is 18.2 Å². The largest absolute Gasteiger partial charge is 0.465 e. The van der Waals surface area contributed by atoms with Gasteiger partial charge < -0.3 is 9.47 Å². The van der Waals surface area contributed by atoms with Crippen LogP contribution in [0.4, 0.5) is 4.39 Å². The molecule has 0 N–H and O–H groups in total. The Kier molecular flexibility index (Phi) is 3.46. The summed E-state index contributed by atoms with van der Waals surface area (Å²) in [6, 6.07) is 16.4. The first kappa shape index (κ1) is 16.2. The normalized spacial score (nSPS) is 18.9. The summed E-state index contributed by atoms with van der Waals surface area (Å²) in [6.07, 6.45) is -0.294. The monoisotopic (exact) mass is 360 g/mol. The molecule has 4 heteroatoms. The van der Waals surface area contributed by atoms with Gasteiger partial charge in [-0.3, -0.25) is 0 Å². The van der Waals surface area contributed by atoms with Crippen LogP contribution in [0.1, 0.15) is 50.4 Å². The van der Waals surface area contributed by atoms with Crippen molar-refractivity contribution in [2.24, 2.45) is 0 Å². The minimum absolute atomic E-state index is 0.134. The van der Waals surface area contributed by atoms with Crippen molar-refractivity contribution in [2.45, 2.75) is 19.1 Å². The highest BCUT2D eigenvalue weighted by atomic mass is 19.1. The third kappa shape index (κ3) is 2.33. The van der Waals surface area contributed by atoms with E-state index in [0.717, 1.165) is 33.4 Å². The van der Waals surface area contributed by atoms with E-state index in [4.69, 9.17) is 9.47 Å². The van der Waals surface area contributed by atoms with Crippen molar-refractivity contribution in [2.75, 3.05) is 7.11 Å². The molecule has 0 aromatic heterocycles. The van der Waals surface area contributed by atoms with Gasteiger partial charge in [0.1, 0.15) is 18.0 Å². The first-order chi connectivity index (χ1) is 13.1. The fourth-order valence-electron chi connectivity index (χ4n) is 4.24. The molecule has 2 unspecified atom stereocenters. The first-order valence-corrected chi connectivity index (χ1v) is 8.85. The lowest BCUT2D eigenvalue weighted by atomic mass is 9.81. The second kappa shape index (κ2) is 5.76. The Morgan fingerprint density at radius 1 is 0.926 bits per heavy atom. The van der Waals surface area contributed by atoms with Crippen LogP contribution in [0.3, 0.4) is 0 Å². The molecule has 2 aliphatic heterocycles. The summed E-state index contributed by atoms with van der Waals surface area (Å²) in [5.74, 6) is -0.585. The Balaban J connectivity index is 1.61. The molecule has 2 aliphatic rings. The Bertz CT molecular complexity index is 1090. The number of methoxy groups -OCH3 is 1. The number of carbonyl (C=O) groups is 1. The molecule has 3 aromatic rings. The Hall–Kier alpha value is -2.98. The van der Waals surface area contributed by atoms with E-state index in [2.05, 4.69) is 19.1 Å². The quantitative estimate of drug-likeness (QED) is 0.596. The molecule has 0 saturated heterocycles. The van der Waals surface area contributed by atoms with Crippen molar-refractivity contribution in [3.63, 3.8) is 0 Å². The molecule has 0 saturated carbocycles. The van der Waals surface area contributed by atoms with Crippen LogP contribution in [-0.2, 0) is 9.47 Å². The van der Waals surface area contributed by atoms with Gasteiger partial charge in [-0.25, -0.2) is 9.18 Å². The number of rotatable bonds is 2.